The van der Waals surface area contributed by atoms with E-state index in [9.17, 15) is 4.79 Å². The molecule has 0 heterocycles. The molecule has 1 aliphatic carbocycles. The zero-order chi connectivity index (χ0) is 11.1. The Balaban J connectivity index is 2.32. The Bertz CT molecular complexity index is 414. The first-order valence-electron chi connectivity index (χ1n) is 5.15. The molecule has 1 amide bonds. The number of nitrogen functional groups attached to an aromatic ring is 1. The average Bonchev–Trinajstić information content (AvgIpc) is 2.53. The fourth-order valence-corrected chi connectivity index (χ4v) is 2.35. The number of fused-ring (bicyclic) bond motifs is 1. The molecule has 0 saturated heterocycles. The first-order chi connectivity index (χ1) is 7.05. The van der Waals surface area contributed by atoms with Gasteiger partial charge in [0.05, 0.1) is 5.41 Å². The van der Waals surface area contributed by atoms with Crippen molar-refractivity contribution in [1.82, 2.24) is 5.32 Å². The minimum atomic E-state index is -0.301. The predicted molar refractivity (Wildman–Crippen MR) is 60.4 cm³/mol. The number of amides is 1. The summed E-state index contributed by atoms with van der Waals surface area (Å²) in [5.41, 5.74) is 8.65. The van der Waals surface area contributed by atoms with Gasteiger partial charge >= 0.3 is 0 Å². The van der Waals surface area contributed by atoms with Gasteiger partial charge in [0.1, 0.15) is 0 Å². The van der Waals surface area contributed by atoms with E-state index in [-0.39, 0.29) is 11.3 Å². The van der Waals surface area contributed by atoms with Crippen LogP contribution in [0.25, 0.3) is 0 Å². The molecule has 1 aromatic rings. The monoisotopic (exact) mass is 204 g/mol. The van der Waals surface area contributed by atoms with E-state index in [1.807, 2.05) is 25.1 Å². The number of carbonyl (C=O) groups is 1. The van der Waals surface area contributed by atoms with E-state index in [4.69, 9.17) is 5.73 Å². The molecular weight excluding hydrogens is 188 g/mol. The second-order valence-electron chi connectivity index (χ2n) is 4.52. The van der Waals surface area contributed by atoms with Crippen molar-refractivity contribution in [2.45, 2.75) is 19.8 Å². The van der Waals surface area contributed by atoms with Crippen molar-refractivity contribution >= 4 is 11.6 Å². The summed E-state index contributed by atoms with van der Waals surface area (Å²) in [6, 6.07) is 5.90. The second-order valence-corrected chi connectivity index (χ2v) is 4.52. The molecule has 2 rings (SSSR count). The van der Waals surface area contributed by atoms with E-state index in [2.05, 4.69) is 5.32 Å². The summed E-state index contributed by atoms with van der Waals surface area (Å²) < 4.78 is 0. The normalized spacial score (nSPS) is 23.6. The first-order valence-corrected chi connectivity index (χ1v) is 5.15. The summed E-state index contributed by atoms with van der Waals surface area (Å²) in [7, 11) is 1.69. The molecular formula is C12H16N2O. The maximum absolute atomic E-state index is 11.7. The van der Waals surface area contributed by atoms with E-state index in [1.165, 1.54) is 11.1 Å². The Labute approximate surface area is 89.7 Å². The van der Waals surface area contributed by atoms with Crippen LogP contribution in [-0.4, -0.2) is 13.0 Å². The highest BCUT2D eigenvalue weighted by Gasteiger charge is 2.38. The van der Waals surface area contributed by atoms with Crippen molar-refractivity contribution in [3.63, 3.8) is 0 Å². The number of carbonyl (C=O) groups excluding carboxylic acids is 1. The summed E-state index contributed by atoms with van der Waals surface area (Å²) in [6.07, 6.45) is 1.59. The number of hydrogen-bond donors (Lipinski definition) is 2. The lowest BCUT2D eigenvalue weighted by molar-refractivity contribution is -0.129. The quantitative estimate of drug-likeness (QED) is 0.673. The molecule has 3 nitrogen and oxygen atoms in total. The van der Waals surface area contributed by atoms with E-state index in [0.717, 1.165) is 18.5 Å². The highest BCUT2D eigenvalue weighted by atomic mass is 16.2. The van der Waals surface area contributed by atoms with Crippen LogP contribution in [0, 0.1) is 5.41 Å². The molecule has 1 aromatic carbocycles. The Hall–Kier alpha value is -1.51. The van der Waals surface area contributed by atoms with Gasteiger partial charge in [-0.1, -0.05) is 13.0 Å². The molecule has 0 fully saturated rings. The van der Waals surface area contributed by atoms with Crippen LogP contribution in [0.5, 0.6) is 0 Å². The number of hydrogen-bond acceptors (Lipinski definition) is 2. The van der Waals surface area contributed by atoms with Crippen molar-refractivity contribution in [1.29, 1.82) is 0 Å². The van der Waals surface area contributed by atoms with Crippen LogP contribution >= 0.6 is 0 Å². The zero-order valence-electron chi connectivity index (χ0n) is 9.13. The lowest BCUT2D eigenvalue weighted by atomic mass is 9.86. The van der Waals surface area contributed by atoms with Crippen molar-refractivity contribution in [3.05, 3.63) is 29.3 Å². The molecule has 0 aliphatic heterocycles. The summed E-state index contributed by atoms with van der Waals surface area (Å²) >= 11 is 0. The number of rotatable bonds is 1. The number of benzene rings is 1. The van der Waals surface area contributed by atoms with E-state index in [0.29, 0.717) is 0 Å². The van der Waals surface area contributed by atoms with E-state index in [1.54, 1.807) is 7.05 Å². The minimum absolute atomic E-state index is 0.109. The predicted octanol–water partition coefficient (Wildman–Crippen LogP) is 1.12. The fraction of sp³-hybridized carbons (Fsp3) is 0.417. The highest BCUT2D eigenvalue weighted by Crippen LogP contribution is 2.37. The molecule has 0 spiro atoms. The highest BCUT2D eigenvalue weighted by molar-refractivity contribution is 5.83. The largest absolute Gasteiger partial charge is 0.399 e. The Morgan fingerprint density at radius 1 is 1.40 bits per heavy atom. The topological polar surface area (TPSA) is 55.1 Å². The van der Waals surface area contributed by atoms with Gasteiger partial charge in [-0.2, -0.15) is 0 Å². The standard InChI is InChI=1S/C12H16N2O/c1-12(11(15)14-2)6-8-3-4-10(13)5-9(8)7-12/h3-5H,6-7,13H2,1-2H3,(H,14,15). The fourth-order valence-electron chi connectivity index (χ4n) is 2.35. The van der Waals surface area contributed by atoms with Crippen LogP contribution in [-0.2, 0) is 17.6 Å². The third-order valence-electron chi connectivity index (χ3n) is 3.17. The summed E-state index contributed by atoms with van der Waals surface area (Å²) in [4.78, 5) is 11.7. The van der Waals surface area contributed by atoms with Gasteiger partial charge in [-0.25, -0.2) is 0 Å². The average molecular weight is 204 g/mol. The van der Waals surface area contributed by atoms with Crippen LogP contribution < -0.4 is 11.1 Å². The van der Waals surface area contributed by atoms with Gasteiger partial charge in [0, 0.05) is 12.7 Å². The maximum Gasteiger partial charge on any atom is 0.226 e. The van der Waals surface area contributed by atoms with Crippen LogP contribution in [0.3, 0.4) is 0 Å². The number of nitrogens with one attached hydrogen (secondary N) is 1. The van der Waals surface area contributed by atoms with Crippen molar-refractivity contribution < 1.29 is 4.79 Å². The molecule has 1 atom stereocenters. The molecule has 1 unspecified atom stereocenters. The van der Waals surface area contributed by atoms with Gasteiger partial charge in [-0.3, -0.25) is 4.79 Å². The SMILES string of the molecule is CNC(=O)C1(C)Cc2ccc(N)cc2C1. The van der Waals surface area contributed by atoms with Crippen LogP contribution in [0.1, 0.15) is 18.1 Å². The Morgan fingerprint density at radius 2 is 2.07 bits per heavy atom. The first kappa shape index (κ1) is 10.0. The maximum atomic E-state index is 11.7. The van der Waals surface area contributed by atoms with Crippen molar-refractivity contribution in [3.8, 4) is 0 Å². The second kappa shape index (κ2) is 3.26. The van der Waals surface area contributed by atoms with Crippen LogP contribution in [0.2, 0.25) is 0 Å². The zero-order valence-corrected chi connectivity index (χ0v) is 9.13. The van der Waals surface area contributed by atoms with Crippen molar-refractivity contribution in [2.75, 3.05) is 12.8 Å². The third kappa shape index (κ3) is 1.58. The third-order valence-corrected chi connectivity index (χ3v) is 3.17. The number of anilines is 1. The van der Waals surface area contributed by atoms with Gasteiger partial charge in [0.25, 0.3) is 0 Å². The van der Waals surface area contributed by atoms with Gasteiger partial charge < -0.3 is 11.1 Å². The van der Waals surface area contributed by atoms with Gasteiger partial charge in [-0.15, -0.1) is 0 Å². The molecule has 15 heavy (non-hydrogen) atoms. The molecule has 80 valence electrons. The molecule has 3 N–H and O–H groups in total. The summed E-state index contributed by atoms with van der Waals surface area (Å²) in [5, 5.41) is 2.73. The molecule has 0 radical (unpaired) electrons. The summed E-state index contributed by atoms with van der Waals surface area (Å²) in [5.74, 6) is 0.109. The Kier molecular flexibility index (Phi) is 2.18. The van der Waals surface area contributed by atoms with Gasteiger partial charge in [-0.05, 0) is 36.1 Å². The number of nitrogens with two attached hydrogens (primary N) is 1. The van der Waals surface area contributed by atoms with Gasteiger partial charge in [0.15, 0.2) is 0 Å². The van der Waals surface area contributed by atoms with E-state index < -0.39 is 0 Å². The molecule has 0 saturated carbocycles. The van der Waals surface area contributed by atoms with Crippen LogP contribution in [0.15, 0.2) is 18.2 Å². The lowest BCUT2D eigenvalue weighted by Crippen LogP contribution is -2.37. The van der Waals surface area contributed by atoms with Crippen LogP contribution in [0.4, 0.5) is 5.69 Å². The van der Waals surface area contributed by atoms with E-state index >= 15 is 0 Å². The van der Waals surface area contributed by atoms with Crippen molar-refractivity contribution in [2.24, 2.45) is 5.41 Å². The molecule has 3 heteroatoms. The molecule has 1 aliphatic rings. The van der Waals surface area contributed by atoms with Gasteiger partial charge in [0.2, 0.25) is 5.91 Å². The minimum Gasteiger partial charge on any atom is -0.399 e. The lowest BCUT2D eigenvalue weighted by Gasteiger charge is -2.20. The smallest absolute Gasteiger partial charge is 0.226 e. The molecule has 0 bridgehead atoms. The summed E-state index contributed by atoms with van der Waals surface area (Å²) in [6.45, 7) is 2.00. The molecule has 0 aromatic heterocycles. The Morgan fingerprint density at radius 3 is 2.73 bits per heavy atom.